The fourth-order valence-electron chi connectivity index (χ4n) is 0.846. The van der Waals surface area contributed by atoms with Gasteiger partial charge in [-0.3, -0.25) is 10.1 Å². The molecule has 68 valence electrons. The molecular weight excluding hydrogens is 254 g/mol. The number of nitro benzene ring substituents is 1. The van der Waals surface area contributed by atoms with E-state index in [1.165, 1.54) is 12.1 Å². The van der Waals surface area contributed by atoms with Gasteiger partial charge in [0.05, 0.1) is 4.92 Å². The summed E-state index contributed by atoms with van der Waals surface area (Å²) in [7, 11) is 0. The highest BCUT2D eigenvalue weighted by Crippen LogP contribution is 2.13. The predicted molar refractivity (Wildman–Crippen MR) is 58.6 cm³/mol. The summed E-state index contributed by atoms with van der Waals surface area (Å²) in [4.78, 5) is 10.6. The number of alkyl halides is 1. The zero-order valence-corrected chi connectivity index (χ0v) is 8.97. The zero-order chi connectivity index (χ0) is 9.84. The van der Waals surface area contributed by atoms with Crippen molar-refractivity contribution in [3.63, 3.8) is 0 Å². The lowest BCUT2D eigenvalue weighted by Crippen LogP contribution is -1.98. The molecule has 13 heavy (non-hydrogen) atoms. The molecule has 1 aromatic rings. The van der Waals surface area contributed by atoms with Crippen molar-refractivity contribution in [3.05, 3.63) is 39.9 Å². The molecule has 0 unspecified atom stereocenters. The van der Waals surface area contributed by atoms with E-state index in [1.54, 1.807) is 12.1 Å². The van der Waals surface area contributed by atoms with Gasteiger partial charge in [-0.25, -0.2) is 0 Å². The average Bonchev–Trinajstić information content (AvgIpc) is 2.17. The molecule has 0 saturated carbocycles. The van der Waals surface area contributed by atoms with E-state index in [2.05, 4.69) is 15.9 Å². The molecule has 0 amide bonds. The maximum atomic E-state index is 10.3. The third-order valence-electron chi connectivity index (χ3n) is 1.52. The van der Waals surface area contributed by atoms with Crippen LogP contribution in [0.2, 0.25) is 0 Å². The summed E-state index contributed by atoms with van der Waals surface area (Å²) >= 11 is 8.24. The number of rotatable bonds is 3. The number of hydrogen-bond acceptors (Lipinski definition) is 3. The number of non-ortho nitro benzene ring substituents is 1. The number of nitro groups is 1. The van der Waals surface area contributed by atoms with Crippen LogP contribution in [0.3, 0.4) is 0 Å². The Labute approximate surface area is 89.0 Å². The van der Waals surface area contributed by atoms with Gasteiger partial charge in [-0.2, -0.15) is 0 Å². The van der Waals surface area contributed by atoms with Gasteiger partial charge in [-0.1, -0.05) is 28.1 Å². The minimum atomic E-state index is -0.430. The van der Waals surface area contributed by atoms with Crippen molar-refractivity contribution in [1.82, 2.24) is 0 Å². The van der Waals surface area contributed by atoms with Crippen LogP contribution in [-0.4, -0.2) is 15.1 Å². The first-order valence-electron chi connectivity index (χ1n) is 3.49. The highest BCUT2D eigenvalue weighted by molar-refractivity contribution is 9.09. The first-order chi connectivity index (χ1) is 6.15. The molecule has 0 aliphatic rings. The van der Waals surface area contributed by atoms with Crippen LogP contribution in [0.5, 0.6) is 0 Å². The molecule has 0 atom stereocenters. The molecule has 0 aromatic heterocycles. The van der Waals surface area contributed by atoms with Crippen molar-refractivity contribution in [2.24, 2.45) is 0 Å². The highest BCUT2D eigenvalue weighted by atomic mass is 79.9. The molecule has 0 aliphatic heterocycles. The molecular formula is C8H6BrNO2S. The number of halogens is 1. The van der Waals surface area contributed by atoms with E-state index in [0.717, 1.165) is 10.4 Å². The summed E-state index contributed by atoms with van der Waals surface area (Å²) < 4.78 is 0. The Morgan fingerprint density at radius 2 is 2.00 bits per heavy atom. The van der Waals surface area contributed by atoms with Crippen LogP contribution in [0.25, 0.3) is 0 Å². The Bertz CT molecular complexity index is 337. The minimum Gasteiger partial charge on any atom is -0.258 e. The van der Waals surface area contributed by atoms with Gasteiger partial charge >= 0.3 is 0 Å². The van der Waals surface area contributed by atoms with Crippen LogP contribution in [0.15, 0.2) is 24.3 Å². The van der Waals surface area contributed by atoms with Crippen molar-refractivity contribution >= 4 is 38.7 Å². The summed E-state index contributed by atoms with van der Waals surface area (Å²) in [5.74, 6) is 0. The van der Waals surface area contributed by atoms with E-state index < -0.39 is 4.92 Å². The van der Waals surface area contributed by atoms with Crippen molar-refractivity contribution < 1.29 is 4.92 Å². The van der Waals surface area contributed by atoms with Crippen LogP contribution in [0.4, 0.5) is 5.69 Å². The Morgan fingerprint density at radius 1 is 1.46 bits per heavy atom. The second-order valence-corrected chi connectivity index (χ2v) is 3.41. The van der Waals surface area contributed by atoms with Crippen LogP contribution >= 0.6 is 28.1 Å². The van der Waals surface area contributed by atoms with Gasteiger partial charge in [0.25, 0.3) is 5.69 Å². The molecule has 0 heterocycles. The van der Waals surface area contributed by atoms with Gasteiger partial charge < -0.3 is 0 Å². The lowest BCUT2D eigenvalue weighted by Gasteiger charge is -1.98. The van der Waals surface area contributed by atoms with E-state index in [9.17, 15) is 10.1 Å². The third kappa shape index (κ3) is 2.57. The molecule has 1 aromatic carbocycles. The lowest BCUT2D eigenvalue weighted by molar-refractivity contribution is -0.384. The molecule has 3 nitrogen and oxygen atoms in total. The minimum absolute atomic E-state index is 0.0844. The number of nitrogens with zero attached hydrogens (tertiary/aromatic N) is 1. The van der Waals surface area contributed by atoms with Crippen LogP contribution in [-0.2, 0) is 0 Å². The van der Waals surface area contributed by atoms with Crippen molar-refractivity contribution in [2.75, 3.05) is 5.33 Å². The fourth-order valence-corrected chi connectivity index (χ4v) is 1.31. The molecule has 0 aliphatic carbocycles. The van der Waals surface area contributed by atoms with Gasteiger partial charge in [0.1, 0.15) is 0 Å². The van der Waals surface area contributed by atoms with E-state index in [-0.39, 0.29) is 5.69 Å². The van der Waals surface area contributed by atoms with Gasteiger partial charge in [-0.05, 0) is 17.7 Å². The topological polar surface area (TPSA) is 43.1 Å². The molecule has 0 N–H and O–H groups in total. The van der Waals surface area contributed by atoms with E-state index in [4.69, 9.17) is 12.2 Å². The van der Waals surface area contributed by atoms with Gasteiger partial charge in [-0.15, -0.1) is 0 Å². The summed E-state index contributed by atoms with van der Waals surface area (Å²) in [5, 5.41) is 10.9. The maximum Gasteiger partial charge on any atom is 0.269 e. The quantitative estimate of drug-likeness (QED) is 0.276. The van der Waals surface area contributed by atoms with E-state index in [0.29, 0.717) is 5.33 Å². The SMILES string of the molecule is O=[N+]([O-])c1ccc(C(=S)CBr)cc1. The molecule has 0 bridgehead atoms. The Balaban J connectivity index is 2.93. The lowest BCUT2D eigenvalue weighted by atomic mass is 10.1. The summed E-state index contributed by atoms with van der Waals surface area (Å²) in [6.45, 7) is 0. The maximum absolute atomic E-state index is 10.3. The van der Waals surface area contributed by atoms with Crippen molar-refractivity contribution in [1.29, 1.82) is 0 Å². The zero-order valence-electron chi connectivity index (χ0n) is 6.57. The number of benzene rings is 1. The van der Waals surface area contributed by atoms with Crippen molar-refractivity contribution in [3.8, 4) is 0 Å². The Kier molecular flexibility index (Phi) is 3.50. The van der Waals surface area contributed by atoms with Crippen LogP contribution < -0.4 is 0 Å². The van der Waals surface area contributed by atoms with Gasteiger partial charge in [0, 0.05) is 22.3 Å². The highest BCUT2D eigenvalue weighted by Gasteiger charge is 2.05. The third-order valence-corrected chi connectivity index (χ3v) is 2.83. The largest absolute Gasteiger partial charge is 0.269 e. The first-order valence-corrected chi connectivity index (χ1v) is 5.01. The smallest absolute Gasteiger partial charge is 0.258 e. The summed E-state index contributed by atoms with van der Waals surface area (Å²) in [6.07, 6.45) is 0. The molecule has 0 fully saturated rings. The van der Waals surface area contributed by atoms with E-state index in [1.807, 2.05) is 0 Å². The normalized spacial score (nSPS) is 9.62. The molecule has 0 spiro atoms. The predicted octanol–water partition coefficient (Wildman–Crippen LogP) is 2.71. The monoisotopic (exact) mass is 259 g/mol. The van der Waals surface area contributed by atoms with Crippen LogP contribution in [0, 0.1) is 10.1 Å². The molecule has 5 heteroatoms. The van der Waals surface area contributed by atoms with Crippen LogP contribution in [0.1, 0.15) is 5.56 Å². The Morgan fingerprint density at radius 3 is 2.38 bits per heavy atom. The first kappa shape index (κ1) is 10.3. The van der Waals surface area contributed by atoms with E-state index >= 15 is 0 Å². The number of thiocarbonyl (C=S) groups is 1. The van der Waals surface area contributed by atoms with Crippen molar-refractivity contribution in [2.45, 2.75) is 0 Å². The molecule has 1 rings (SSSR count). The fraction of sp³-hybridized carbons (Fsp3) is 0.125. The van der Waals surface area contributed by atoms with Gasteiger partial charge in [0.2, 0.25) is 0 Å². The second-order valence-electron chi connectivity index (χ2n) is 2.36. The average molecular weight is 260 g/mol. The molecule has 0 saturated heterocycles. The molecule has 0 radical (unpaired) electrons. The number of hydrogen-bond donors (Lipinski definition) is 0. The second kappa shape index (κ2) is 4.43. The Hall–Kier alpha value is -0.810. The summed E-state index contributed by atoms with van der Waals surface area (Å²) in [5.41, 5.74) is 0.929. The van der Waals surface area contributed by atoms with Gasteiger partial charge in [0.15, 0.2) is 0 Å². The standard InChI is InChI=1S/C8H6BrNO2S/c9-5-8(13)6-1-3-7(4-2-6)10(11)12/h1-4H,5H2. The summed E-state index contributed by atoms with van der Waals surface area (Å²) in [6, 6.07) is 6.21.